The highest BCUT2D eigenvalue weighted by molar-refractivity contribution is 5.00. The van der Waals surface area contributed by atoms with Crippen LogP contribution >= 0.6 is 0 Å². The molecule has 1 spiro atoms. The zero-order chi connectivity index (χ0) is 12.4. The molecule has 5 heteroatoms. The van der Waals surface area contributed by atoms with Crippen molar-refractivity contribution in [3.63, 3.8) is 0 Å². The van der Waals surface area contributed by atoms with E-state index in [-0.39, 0.29) is 18.9 Å². The monoisotopic (exact) mass is 249 g/mol. The molecule has 1 atom stereocenters. The second-order valence-electron chi connectivity index (χ2n) is 4.94. The fourth-order valence-electron chi connectivity index (χ4n) is 2.75. The van der Waals surface area contributed by atoms with Crippen LogP contribution in [0.4, 0.5) is 8.78 Å². The summed E-state index contributed by atoms with van der Waals surface area (Å²) in [4.78, 5) is 0. The first kappa shape index (κ1) is 13.2. The Balaban J connectivity index is 2.00. The lowest BCUT2D eigenvalue weighted by atomic mass is 9.77. The van der Waals surface area contributed by atoms with Gasteiger partial charge < -0.3 is 14.8 Å². The van der Waals surface area contributed by atoms with Gasteiger partial charge in [0.05, 0.1) is 24.9 Å². The third-order valence-corrected chi connectivity index (χ3v) is 3.83. The third kappa shape index (κ3) is 2.95. The Morgan fingerprint density at radius 1 is 1.29 bits per heavy atom. The van der Waals surface area contributed by atoms with E-state index in [1.54, 1.807) is 0 Å². The van der Waals surface area contributed by atoms with Crippen LogP contribution in [0.15, 0.2) is 0 Å². The molecule has 1 aliphatic carbocycles. The average Bonchev–Trinajstić information content (AvgIpc) is 2.32. The molecule has 0 radical (unpaired) electrons. The standard InChI is InChI=1S/C12H21F2NO2/c1-2-16-9-10-11(17-8-7-15-10)3-5-12(13,14)6-4-11/h10,15H,2-9H2,1H3. The van der Waals surface area contributed by atoms with E-state index in [0.29, 0.717) is 32.7 Å². The molecule has 1 N–H and O–H groups in total. The summed E-state index contributed by atoms with van der Waals surface area (Å²) in [6.07, 6.45) is 0.699. The molecule has 0 bridgehead atoms. The number of rotatable bonds is 3. The minimum atomic E-state index is -2.51. The molecule has 2 fully saturated rings. The van der Waals surface area contributed by atoms with Gasteiger partial charge in [0.2, 0.25) is 5.92 Å². The summed E-state index contributed by atoms with van der Waals surface area (Å²) in [5, 5.41) is 3.35. The quantitative estimate of drug-likeness (QED) is 0.829. The molecular weight excluding hydrogens is 228 g/mol. The number of hydrogen-bond donors (Lipinski definition) is 1. The van der Waals surface area contributed by atoms with Gasteiger partial charge in [-0.3, -0.25) is 0 Å². The lowest BCUT2D eigenvalue weighted by Gasteiger charge is -2.48. The van der Waals surface area contributed by atoms with Crippen LogP contribution in [0.3, 0.4) is 0 Å². The molecule has 1 unspecified atom stereocenters. The number of alkyl halides is 2. The minimum Gasteiger partial charge on any atom is -0.380 e. The molecule has 3 nitrogen and oxygen atoms in total. The summed E-state index contributed by atoms with van der Waals surface area (Å²) in [6.45, 7) is 4.50. The Bertz CT molecular complexity index is 251. The van der Waals surface area contributed by atoms with Gasteiger partial charge in [-0.2, -0.15) is 0 Å². The third-order valence-electron chi connectivity index (χ3n) is 3.83. The second kappa shape index (κ2) is 5.16. The van der Waals surface area contributed by atoms with Gasteiger partial charge >= 0.3 is 0 Å². The van der Waals surface area contributed by atoms with Crippen LogP contribution in [0.5, 0.6) is 0 Å². The summed E-state index contributed by atoms with van der Waals surface area (Å²) in [6, 6.07) is 0.0484. The smallest absolute Gasteiger partial charge is 0.248 e. The molecule has 1 saturated heterocycles. The van der Waals surface area contributed by atoms with E-state index in [2.05, 4.69) is 5.32 Å². The van der Waals surface area contributed by atoms with E-state index in [9.17, 15) is 8.78 Å². The van der Waals surface area contributed by atoms with Crippen molar-refractivity contribution in [3.8, 4) is 0 Å². The van der Waals surface area contributed by atoms with Gasteiger partial charge in [0.1, 0.15) is 0 Å². The van der Waals surface area contributed by atoms with E-state index >= 15 is 0 Å². The summed E-state index contributed by atoms with van der Waals surface area (Å²) in [5.41, 5.74) is -0.435. The number of hydrogen-bond acceptors (Lipinski definition) is 3. The van der Waals surface area contributed by atoms with Crippen LogP contribution < -0.4 is 5.32 Å². The largest absolute Gasteiger partial charge is 0.380 e. The first-order valence-corrected chi connectivity index (χ1v) is 6.41. The van der Waals surface area contributed by atoms with Crippen LogP contribution in [0.2, 0.25) is 0 Å². The SMILES string of the molecule is CCOCC1NCCOC12CCC(F)(F)CC2. The Morgan fingerprint density at radius 2 is 2.00 bits per heavy atom. The number of morpholine rings is 1. The maximum Gasteiger partial charge on any atom is 0.248 e. The fraction of sp³-hybridized carbons (Fsp3) is 1.00. The van der Waals surface area contributed by atoms with Crippen molar-refractivity contribution in [1.29, 1.82) is 0 Å². The maximum atomic E-state index is 13.2. The first-order valence-electron chi connectivity index (χ1n) is 6.41. The topological polar surface area (TPSA) is 30.5 Å². The normalized spacial score (nSPS) is 31.6. The minimum absolute atomic E-state index is 0.0484. The van der Waals surface area contributed by atoms with Crippen LogP contribution in [0.25, 0.3) is 0 Å². The predicted molar refractivity (Wildman–Crippen MR) is 60.4 cm³/mol. The molecule has 17 heavy (non-hydrogen) atoms. The lowest BCUT2D eigenvalue weighted by molar-refractivity contribution is -0.169. The van der Waals surface area contributed by atoms with Crippen LogP contribution in [-0.2, 0) is 9.47 Å². The average molecular weight is 249 g/mol. The number of nitrogens with one attached hydrogen (secondary N) is 1. The van der Waals surface area contributed by atoms with E-state index in [4.69, 9.17) is 9.47 Å². The Labute approximate surface area is 101 Å². The van der Waals surface area contributed by atoms with Gasteiger partial charge in [-0.1, -0.05) is 0 Å². The van der Waals surface area contributed by atoms with Gasteiger partial charge in [-0.05, 0) is 19.8 Å². The van der Waals surface area contributed by atoms with Crippen LogP contribution in [0, 0.1) is 0 Å². The van der Waals surface area contributed by atoms with Crippen LogP contribution in [0.1, 0.15) is 32.6 Å². The zero-order valence-corrected chi connectivity index (χ0v) is 10.3. The molecule has 1 saturated carbocycles. The molecule has 1 heterocycles. The molecule has 100 valence electrons. The van der Waals surface area contributed by atoms with E-state index < -0.39 is 11.5 Å². The van der Waals surface area contributed by atoms with Gasteiger partial charge in [0.15, 0.2) is 0 Å². The van der Waals surface area contributed by atoms with E-state index in [0.717, 1.165) is 6.54 Å². The highest BCUT2D eigenvalue weighted by Gasteiger charge is 2.49. The Hall–Kier alpha value is -0.260. The molecular formula is C12H21F2NO2. The molecule has 0 aromatic heterocycles. The van der Waals surface area contributed by atoms with E-state index in [1.165, 1.54) is 0 Å². The van der Waals surface area contributed by atoms with Crippen LogP contribution in [-0.4, -0.2) is 43.9 Å². The predicted octanol–water partition coefficient (Wildman–Crippen LogP) is 1.96. The maximum absolute atomic E-state index is 13.2. The fourth-order valence-corrected chi connectivity index (χ4v) is 2.75. The molecule has 1 aliphatic heterocycles. The summed E-state index contributed by atoms with van der Waals surface area (Å²) in [7, 11) is 0. The van der Waals surface area contributed by atoms with Gasteiger partial charge in [0, 0.05) is 26.0 Å². The second-order valence-corrected chi connectivity index (χ2v) is 4.94. The molecule has 0 amide bonds. The van der Waals surface area contributed by atoms with Crippen molar-refractivity contribution < 1.29 is 18.3 Å². The Kier molecular flexibility index (Phi) is 4.00. The van der Waals surface area contributed by atoms with Crippen molar-refractivity contribution in [2.45, 2.75) is 50.2 Å². The zero-order valence-electron chi connectivity index (χ0n) is 10.3. The lowest BCUT2D eigenvalue weighted by Crippen LogP contribution is -2.62. The van der Waals surface area contributed by atoms with E-state index in [1.807, 2.05) is 6.92 Å². The molecule has 0 aromatic carbocycles. The Morgan fingerprint density at radius 3 is 2.65 bits per heavy atom. The van der Waals surface area contributed by atoms with Gasteiger partial charge in [-0.15, -0.1) is 0 Å². The van der Waals surface area contributed by atoms with Crippen molar-refractivity contribution >= 4 is 0 Å². The molecule has 2 aliphatic rings. The number of halogens is 2. The molecule has 2 rings (SSSR count). The summed E-state index contributed by atoms with van der Waals surface area (Å²) >= 11 is 0. The number of ether oxygens (including phenoxy) is 2. The first-order chi connectivity index (χ1) is 8.08. The van der Waals surface area contributed by atoms with Crippen molar-refractivity contribution in [3.05, 3.63) is 0 Å². The van der Waals surface area contributed by atoms with Gasteiger partial charge in [-0.25, -0.2) is 8.78 Å². The van der Waals surface area contributed by atoms with Crippen molar-refractivity contribution in [1.82, 2.24) is 5.32 Å². The molecule has 0 aromatic rings. The van der Waals surface area contributed by atoms with Crippen molar-refractivity contribution in [2.24, 2.45) is 0 Å². The highest BCUT2D eigenvalue weighted by Crippen LogP contribution is 2.43. The summed E-state index contributed by atoms with van der Waals surface area (Å²) in [5.74, 6) is -2.51. The summed E-state index contributed by atoms with van der Waals surface area (Å²) < 4.78 is 37.7. The highest BCUT2D eigenvalue weighted by atomic mass is 19.3. The van der Waals surface area contributed by atoms with Gasteiger partial charge in [0.25, 0.3) is 0 Å². The van der Waals surface area contributed by atoms with Crippen molar-refractivity contribution in [2.75, 3.05) is 26.4 Å².